The highest BCUT2D eigenvalue weighted by Crippen LogP contribution is 2.20. The van der Waals surface area contributed by atoms with Crippen LogP contribution in [-0.2, 0) is 6.54 Å². The van der Waals surface area contributed by atoms with E-state index in [0.717, 1.165) is 5.75 Å². The summed E-state index contributed by atoms with van der Waals surface area (Å²) in [5, 5.41) is 3.30. The number of hydrogen-bond donors (Lipinski definition) is 1. The lowest BCUT2D eigenvalue weighted by Gasteiger charge is -2.04. The van der Waals surface area contributed by atoms with Crippen molar-refractivity contribution in [1.29, 1.82) is 0 Å². The zero-order chi connectivity index (χ0) is 10.8. The summed E-state index contributed by atoms with van der Waals surface area (Å²) in [6, 6.07) is 0. The molecule has 0 aliphatic carbocycles. The van der Waals surface area contributed by atoms with E-state index < -0.39 is 0 Å². The molecule has 1 aliphatic rings. The lowest BCUT2D eigenvalue weighted by atomic mass is 10.3. The number of amides is 1. The zero-order valence-electron chi connectivity index (χ0n) is 8.32. The summed E-state index contributed by atoms with van der Waals surface area (Å²) in [5.74, 6) is 0.503. The number of carbonyl (C=O) groups is 1. The molecule has 0 bridgehead atoms. The molecule has 0 unspecified atom stereocenters. The first-order valence-corrected chi connectivity index (χ1v) is 5.73. The first-order valence-electron chi connectivity index (χ1n) is 4.75. The highest BCUT2D eigenvalue weighted by molar-refractivity contribution is 7.99. The molecule has 0 atom stereocenters. The molecule has 1 N–H and O–H groups in total. The van der Waals surface area contributed by atoms with Crippen molar-refractivity contribution in [3.05, 3.63) is 22.1 Å². The van der Waals surface area contributed by atoms with Gasteiger partial charge in [0.05, 0.1) is 0 Å². The molecule has 0 aromatic carbocycles. The molecule has 15 heavy (non-hydrogen) atoms. The maximum Gasteiger partial charge on any atom is 0.267 e. The second kappa shape index (κ2) is 4.06. The Morgan fingerprint density at radius 2 is 2.53 bits per heavy atom. The van der Waals surface area contributed by atoms with Crippen molar-refractivity contribution in [3.63, 3.8) is 0 Å². The van der Waals surface area contributed by atoms with Crippen molar-refractivity contribution in [1.82, 2.24) is 14.9 Å². The summed E-state index contributed by atoms with van der Waals surface area (Å²) in [4.78, 5) is 27.4. The number of carbonyl (C=O) groups excluding carboxylic acids is 1. The van der Waals surface area contributed by atoms with Crippen LogP contribution in [-0.4, -0.2) is 27.8 Å². The van der Waals surface area contributed by atoms with Crippen LogP contribution in [0.5, 0.6) is 0 Å². The third kappa shape index (κ3) is 1.77. The summed E-state index contributed by atoms with van der Waals surface area (Å²) in [7, 11) is 0. The number of rotatable bonds is 2. The van der Waals surface area contributed by atoms with Gasteiger partial charge in [-0.15, -0.1) is 0 Å². The van der Waals surface area contributed by atoms with Crippen LogP contribution in [0.3, 0.4) is 0 Å². The maximum atomic E-state index is 11.8. The summed E-state index contributed by atoms with van der Waals surface area (Å²) < 4.78 is 1.55. The second-order valence-corrected chi connectivity index (χ2v) is 4.18. The zero-order valence-corrected chi connectivity index (χ0v) is 9.13. The van der Waals surface area contributed by atoms with Crippen molar-refractivity contribution in [2.45, 2.75) is 18.6 Å². The number of fused-ring (bicyclic) bond motifs is 1. The van der Waals surface area contributed by atoms with Gasteiger partial charge in [0, 0.05) is 25.0 Å². The Morgan fingerprint density at radius 3 is 3.27 bits per heavy atom. The van der Waals surface area contributed by atoms with Crippen molar-refractivity contribution >= 4 is 17.7 Å². The summed E-state index contributed by atoms with van der Waals surface area (Å²) >= 11 is 1.54. The molecule has 80 valence electrons. The Labute approximate surface area is 90.9 Å². The van der Waals surface area contributed by atoms with Crippen LogP contribution in [0.15, 0.2) is 16.1 Å². The first-order chi connectivity index (χ1) is 7.24. The topological polar surface area (TPSA) is 64.0 Å². The smallest absolute Gasteiger partial charge is 0.267 e. The van der Waals surface area contributed by atoms with E-state index in [-0.39, 0.29) is 17.0 Å². The van der Waals surface area contributed by atoms with E-state index in [9.17, 15) is 9.59 Å². The van der Waals surface area contributed by atoms with Crippen LogP contribution >= 0.6 is 11.8 Å². The number of aromatic nitrogens is 2. The maximum absolute atomic E-state index is 11.8. The average Bonchev–Trinajstić information content (AvgIpc) is 2.67. The van der Waals surface area contributed by atoms with Crippen molar-refractivity contribution < 1.29 is 4.79 Å². The normalized spacial score (nSPS) is 13.7. The Morgan fingerprint density at radius 1 is 1.73 bits per heavy atom. The molecule has 0 spiro atoms. The van der Waals surface area contributed by atoms with Crippen molar-refractivity contribution in [2.75, 3.05) is 12.3 Å². The van der Waals surface area contributed by atoms with Gasteiger partial charge in [0.1, 0.15) is 5.56 Å². The molecule has 0 radical (unpaired) electrons. The fourth-order valence-corrected chi connectivity index (χ4v) is 2.34. The standard InChI is InChI=1S/C9H11N3O2S/c1-2-10-7(13)6-5-11-9-12(8(6)14)3-4-15-9/h5H,2-4H2,1H3,(H,10,13). The molecule has 1 amide bonds. The molecule has 0 saturated carbocycles. The molecule has 5 nitrogen and oxygen atoms in total. The average molecular weight is 225 g/mol. The quantitative estimate of drug-likeness (QED) is 0.725. The van der Waals surface area contributed by atoms with Gasteiger partial charge in [-0.05, 0) is 6.92 Å². The third-order valence-corrected chi connectivity index (χ3v) is 3.11. The van der Waals surface area contributed by atoms with Gasteiger partial charge in [0.15, 0.2) is 5.16 Å². The number of nitrogens with one attached hydrogen (secondary N) is 1. The van der Waals surface area contributed by atoms with Crippen LogP contribution in [0.1, 0.15) is 17.3 Å². The second-order valence-electron chi connectivity index (χ2n) is 3.12. The Hall–Kier alpha value is -1.30. The van der Waals surface area contributed by atoms with E-state index in [0.29, 0.717) is 18.2 Å². The number of thioether (sulfide) groups is 1. The van der Waals surface area contributed by atoms with E-state index in [1.165, 1.54) is 18.0 Å². The van der Waals surface area contributed by atoms with E-state index in [2.05, 4.69) is 10.3 Å². The third-order valence-electron chi connectivity index (χ3n) is 2.14. The molecule has 1 aromatic rings. The van der Waals surface area contributed by atoms with Crippen LogP contribution in [0.25, 0.3) is 0 Å². The molecule has 1 aromatic heterocycles. The molecule has 0 fully saturated rings. The van der Waals surface area contributed by atoms with Gasteiger partial charge in [-0.1, -0.05) is 11.8 Å². The van der Waals surface area contributed by atoms with Crippen molar-refractivity contribution in [3.8, 4) is 0 Å². The van der Waals surface area contributed by atoms with Gasteiger partial charge >= 0.3 is 0 Å². The fraction of sp³-hybridized carbons (Fsp3) is 0.444. The molecular weight excluding hydrogens is 214 g/mol. The number of hydrogen-bond acceptors (Lipinski definition) is 4. The SMILES string of the molecule is CCNC(=O)c1cnc2n(c1=O)CCS2. The van der Waals surface area contributed by atoms with Gasteiger partial charge in [0.25, 0.3) is 11.5 Å². The van der Waals surface area contributed by atoms with E-state index in [1.807, 2.05) is 6.92 Å². The summed E-state index contributed by atoms with van der Waals surface area (Å²) in [6.45, 7) is 2.96. The van der Waals surface area contributed by atoms with E-state index >= 15 is 0 Å². The Kier molecular flexibility index (Phi) is 2.77. The lowest BCUT2D eigenvalue weighted by Crippen LogP contribution is -2.33. The Balaban J connectivity index is 2.43. The molecular formula is C9H11N3O2S. The highest BCUT2D eigenvalue weighted by Gasteiger charge is 2.19. The highest BCUT2D eigenvalue weighted by atomic mass is 32.2. The van der Waals surface area contributed by atoms with Gasteiger partial charge in [-0.25, -0.2) is 4.98 Å². The summed E-state index contributed by atoms with van der Waals surface area (Å²) in [5.41, 5.74) is -0.112. The molecule has 6 heteroatoms. The van der Waals surface area contributed by atoms with Gasteiger partial charge in [0.2, 0.25) is 0 Å². The van der Waals surface area contributed by atoms with Gasteiger partial charge in [-0.3, -0.25) is 14.2 Å². The first kappa shape index (κ1) is 10.2. The summed E-state index contributed by atoms with van der Waals surface area (Å²) in [6.07, 6.45) is 1.36. The van der Waals surface area contributed by atoms with Gasteiger partial charge in [-0.2, -0.15) is 0 Å². The fourth-order valence-electron chi connectivity index (χ4n) is 1.43. The predicted octanol–water partition coefficient (Wildman–Crippen LogP) is 0.0987. The van der Waals surface area contributed by atoms with Crippen molar-refractivity contribution in [2.24, 2.45) is 0 Å². The molecule has 2 heterocycles. The molecule has 0 saturated heterocycles. The lowest BCUT2D eigenvalue weighted by molar-refractivity contribution is 0.0953. The minimum Gasteiger partial charge on any atom is -0.352 e. The van der Waals surface area contributed by atoms with Crippen LogP contribution in [0, 0.1) is 0 Å². The van der Waals surface area contributed by atoms with Crippen LogP contribution in [0.2, 0.25) is 0 Å². The number of nitrogens with zero attached hydrogens (tertiary/aromatic N) is 2. The largest absolute Gasteiger partial charge is 0.352 e. The van der Waals surface area contributed by atoms with Crippen LogP contribution in [0.4, 0.5) is 0 Å². The molecule has 1 aliphatic heterocycles. The monoisotopic (exact) mass is 225 g/mol. The Bertz CT molecular complexity index is 455. The molecule has 2 rings (SSSR count). The van der Waals surface area contributed by atoms with E-state index in [4.69, 9.17) is 0 Å². The predicted molar refractivity (Wildman–Crippen MR) is 57.2 cm³/mol. The van der Waals surface area contributed by atoms with E-state index in [1.54, 1.807) is 4.57 Å². The minimum atomic E-state index is -0.345. The minimum absolute atomic E-state index is 0.128. The van der Waals surface area contributed by atoms with Crippen LogP contribution < -0.4 is 10.9 Å². The van der Waals surface area contributed by atoms with Gasteiger partial charge < -0.3 is 5.32 Å².